The fraction of sp³-hybridized carbons (Fsp3) is 0.0714. The van der Waals surface area contributed by atoms with Gasteiger partial charge in [0.1, 0.15) is 24.6 Å². The molecule has 5 amide bonds. The molecule has 0 atom stereocenters. The number of para-hydroxylation sites is 3. The number of carbonyl (C=O) groups is 4. The fourth-order valence-corrected chi connectivity index (χ4v) is 4.16. The average molecular weight is 512 g/mol. The van der Waals surface area contributed by atoms with Crippen molar-refractivity contribution in [3.05, 3.63) is 102 Å². The zero-order valence-corrected chi connectivity index (χ0v) is 20.0. The molecule has 5 rings (SSSR count). The first-order chi connectivity index (χ1) is 18.4. The van der Waals surface area contributed by atoms with Gasteiger partial charge in [0.05, 0.1) is 5.69 Å². The van der Waals surface area contributed by atoms with E-state index in [4.69, 9.17) is 0 Å². The summed E-state index contributed by atoms with van der Waals surface area (Å²) in [4.78, 5) is 51.2. The maximum Gasteiger partial charge on any atom is 0.329 e. The minimum atomic E-state index is -0.768. The van der Waals surface area contributed by atoms with Gasteiger partial charge in [0.25, 0.3) is 5.91 Å². The number of benzene rings is 3. The molecule has 2 heterocycles. The lowest BCUT2D eigenvalue weighted by Gasteiger charge is -2.12. The number of fused-ring (bicyclic) bond motifs is 1. The third kappa shape index (κ3) is 5.14. The number of halogens is 1. The second-order valence-electron chi connectivity index (χ2n) is 8.55. The molecule has 10 heteroatoms. The van der Waals surface area contributed by atoms with Crippen molar-refractivity contribution in [2.24, 2.45) is 0 Å². The maximum absolute atomic E-state index is 13.8. The number of anilines is 2. The molecule has 3 N–H and O–H groups in total. The molecule has 1 fully saturated rings. The molecule has 38 heavy (non-hydrogen) atoms. The number of rotatable bonds is 7. The van der Waals surface area contributed by atoms with E-state index in [2.05, 4.69) is 16.0 Å². The monoisotopic (exact) mass is 511 g/mol. The molecule has 4 aromatic rings. The van der Waals surface area contributed by atoms with Crippen molar-refractivity contribution in [2.45, 2.75) is 6.54 Å². The number of amides is 5. The minimum absolute atomic E-state index is 0.0228. The molecule has 3 aromatic carbocycles. The van der Waals surface area contributed by atoms with Gasteiger partial charge in [0.15, 0.2) is 0 Å². The van der Waals surface area contributed by atoms with Gasteiger partial charge in [0, 0.05) is 28.4 Å². The van der Waals surface area contributed by atoms with Crippen LogP contribution in [0.3, 0.4) is 0 Å². The van der Waals surface area contributed by atoms with Crippen molar-refractivity contribution >= 4 is 52.1 Å². The average Bonchev–Trinajstić information content (AvgIpc) is 3.37. The van der Waals surface area contributed by atoms with Crippen LogP contribution >= 0.6 is 0 Å². The highest BCUT2D eigenvalue weighted by Gasteiger charge is 2.35. The van der Waals surface area contributed by atoms with Gasteiger partial charge in [0.2, 0.25) is 11.8 Å². The van der Waals surface area contributed by atoms with E-state index >= 15 is 0 Å². The third-order valence-electron chi connectivity index (χ3n) is 5.90. The van der Waals surface area contributed by atoms with E-state index in [-0.39, 0.29) is 23.8 Å². The summed E-state index contributed by atoms with van der Waals surface area (Å²) in [5, 5.41) is 8.45. The Kier molecular flexibility index (Phi) is 6.68. The summed E-state index contributed by atoms with van der Waals surface area (Å²) in [6.07, 6.45) is 3.22. The van der Waals surface area contributed by atoms with Crippen molar-refractivity contribution < 1.29 is 23.6 Å². The topological polar surface area (TPSA) is 113 Å². The quantitative estimate of drug-likeness (QED) is 0.258. The van der Waals surface area contributed by atoms with E-state index in [1.54, 1.807) is 29.0 Å². The lowest BCUT2D eigenvalue weighted by molar-refractivity contribution is -0.127. The Bertz CT molecular complexity index is 1600. The highest BCUT2D eigenvalue weighted by atomic mass is 19.1. The van der Waals surface area contributed by atoms with E-state index in [1.165, 1.54) is 24.3 Å². The smallest absolute Gasteiger partial charge is 0.329 e. The molecule has 0 aliphatic carbocycles. The summed E-state index contributed by atoms with van der Waals surface area (Å²) in [6, 6.07) is 21.3. The van der Waals surface area contributed by atoms with E-state index < -0.39 is 30.2 Å². The van der Waals surface area contributed by atoms with Gasteiger partial charge in [-0.1, -0.05) is 48.5 Å². The molecule has 1 saturated heterocycles. The van der Waals surface area contributed by atoms with E-state index in [0.717, 1.165) is 15.8 Å². The van der Waals surface area contributed by atoms with Gasteiger partial charge in [-0.15, -0.1) is 0 Å². The summed E-state index contributed by atoms with van der Waals surface area (Å²) in [5.41, 5.74) is 1.97. The van der Waals surface area contributed by atoms with Gasteiger partial charge in [-0.05, 0) is 36.4 Å². The zero-order valence-electron chi connectivity index (χ0n) is 20.0. The Hall–Kier alpha value is -5.25. The van der Waals surface area contributed by atoms with Crippen LogP contribution in [0.1, 0.15) is 5.56 Å². The molecule has 0 spiro atoms. The Morgan fingerprint density at radius 2 is 1.53 bits per heavy atom. The number of nitrogens with one attached hydrogen (secondary N) is 3. The van der Waals surface area contributed by atoms with Gasteiger partial charge in [-0.25, -0.2) is 14.1 Å². The van der Waals surface area contributed by atoms with Gasteiger partial charge in [-0.2, -0.15) is 0 Å². The second-order valence-corrected chi connectivity index (χ2v) is 8.55. The molecule has 0 radical (unpaired) electrons. The van der Waals surface area contributed by atoms with E-state index in [9.17, 15) is 23.6 Å². The summed E-state index contributed by atoms with van der Waals surface area (Å²) < 4.78 is 15.6. The standard InChI is InChI=1S/C28H22FN5O4/c29-21-11-5-6-12-22(21)31-26(36)17-34-27(37)23(32-28(34)38)14-18-15-33(24-13-7-4-10-20(18)24)16-25(35)30-19-8-2-1-3-9-19/h1-15H,16-17H2,(H,30,35)(H,31,36)(H,32,38)/b23-14+. The highest BCUT2D eigenvalue weighted by Crippen LogP contribution is 2.25. The molecule has 0 unspecified atom stereocenters. The van der Waals surface area contributed by atoms with Crippen LogP contribution in [0.25, 0.3) is 17.0 Å². The molecule has 1 aromatic heterocycles. The van der Waals surface area contributed by atoms with Gasteiger partial charge < -0.3 is 20.5 Å². The Balaban J connectivity index is 1.34. The summed E-state index contributed by atoms with van der Waals surface area (Å²) in [6.45, 7) is -0.557. The van der Waals surface area contributed by atoms with Crippen molar-refractivity contribution in [1.29, 1.82) is 0 Å². The molecule has 0 saturated carbocycles. The van der Waals surface area contributed by atoms with Crippen LogP contribution < -0.4 is 16.0 Å². The van der Waals surface area contributed by atoms with Crippen LogP contribution in [0.2, 0.25) is 0 Å². The minimum Gasteiger partial charge on any atom is -0.337 e. The Morgan fingerprint density at radius 1 is 0.842 bits per heavy atom. The number of urea groups is 1. The largest absolute Gasteiger partial charge is 0.337 e. The molecule has 1 aliphatic heterocycles. The van der Waals surface area contributed by atoms with Crippen LogP contribution in [-0.2, 0) is 20.9 Å². The molecular formula is C28H22FN5O4. The lowest BCUT2D eigenvalue weighted by Crippen LogP contribution is -2.38. The van der Waals surface area contributed by atoms with E-state index in [0.29, 0.717) is 11.3 Å². The SMILES string of the molecule is O=C(Cn1cc(/C=C2/NC(=O)N(CC(=O)Nc3ccccc3F)C2=O)c2ccccc21)Nc1ccccc1. The van der Waals surface area contributed by atoms with Crippen molar-refractivity contribution in [2.75, 3.05) is 17.2 Å². The van der Waals surface area contributed by atoms with Crippen LogP contribution in [0.4, 0.5) is 20.6 Å². The number of imide groups is 1. The second kappa shape index (κ2) is 10.4. The normalized spacial score (nSPS) is 14.1. The van der Waals surface area contributed by atoms with Crippen molar-refractivity contribution in [3.63, 3.8) is 0 Å². The van der Waals surface area contributed by atoms with Gasteiger partial charge >= 0.3 is 6.03 Å². The fourth-order valence-electron chi connectivity index (χ4n) is 4.16. The number of aromatic nitrogens is 1. The Labute approximate surface area is 216 Å². The zero-order chi connectivity index (χ0) is 26.6. The predicted octanol–water partition coefficient (Wildman–Crippen LogP) is 3.95. The third-order valence-corrected chi connectivity index (χ3v) is 5.90. The molecule has 1 aliphatic rings. The van der Waals surface area contributed by atoms with Gasteiger partial charge in [-0.3, -0.25) is 14.4 Å². The molecule has 9 nitrogen and oxygen atoms in total. The maximum atomic E-state index is 13.8. The van der Waals surface area contributed by atoms with Crippen molar-refractivity contribution in [1.82, 2.24) is 14.8 Å². The van der Waals surface area contributed by atoms with Crippen molar-refractivity contribution in [3.8, 4) is 0 Å². The number of carbonyl (C=O) groups excluding carboxylic acids is 4. The predicted molar refractivity (Wildman–Crippen MR) is 140 cm³/mol. The lowest BCUT2D eigenvalue weighted by atomic mass is 10.1. The summed E-state index contributed by atoms with van der Waals surface area (Å²) in [5.74, 6) is -2.28. The number of nitrogens with zero attached hydrogens (tertiary/aromatic N) is 2. The van der Waals surface area contributed by atoms with Crippen LogP contribution in [0.5, 0.6) is 0 Å². The molecular weight excluding hydrogens is 489 g/mol. The molecule has 0 bridgehead atoms. The number of hydrogen-bond acceptors (Lipinski definition) is 4. The first-order valence-corrected chi connectivity index (χ1v) is 11.7. The first-order valence-electron chi connectivity index (χ1n) is 11.7. The van der Waals surface area contributed by atoms with Crippen LogP contribution in [0, 0.1) is 5.82 Å². The first kappa shape index (κ1) is 24.4. The summed E-state index contributed by atoms with van der Waals surface area (Å²) in [7, 11) is 0. The Morgan fingerprint density at radius 3 is 2.32 bits per heavy atom. The molecule has 190 valence electrons. The number of hydrogen-bond donors (Lipinski definition) is 3. The van der Waals surface area contributed by atoms with Crippen LogP contribution in [-0.4, -0.2) is 39.8 Å². The highest BCUT2D eigenvalue weighted by molar-refractivity contribution is 6.16. The van der Waals surface area contributed by atoms with Crippen LogP contribution in [0.15, 0.2) is 90.8 Å². The summed E-state index contributed by atoms with van der Waals surface area (Å²) >= 11 is 0. The van der Waals surface area contributed by atoms with E-state index in [1.807, 2.05) is 42.5 Å².